The summed E-state index contributed by atoms with van der Waals surface area (Å²) >= 11 is 0. The van der Waals surface area contributed by atoms with Crippen LogP contribution in [0, 0.1) is 0 Å². The second kappa shape index (κ2) is 16.0. The van der Waals surface area contributed by atoms with Crippen molar-refractivity contribution >= 4 is 39.0 Å². The summed E-state index contributed by atoms with van der Waals surface area (Å²) in [7, 11) is 0. The van der Waals surface area contributed by atoms with Crippen molar-refractivity contribution in [3.8, 4) is 67.5 Å². The Morgan fingerprint density at radius 1 is 0.306 bits per heavy atom. The normalized spacial score (nSPS) is 11.2. The number of hydrogen-bond acceptors (Lipinski definition) is 5. The quantitative estimate of drug-likeness (QED) is 0.146. The Morgan fingerprint density at radius 2 is 0.742 bits per heavy atom. The third-order valence-electron chi connectivity index (χ3n) is 11.3. The third kappa shape index (κ3) is 6.87. The predicted octanol–water partition coefficient (Wildman–Crippen LogP) is 15.2. The molecule has 0 aliphatic heterocycles. The number of benzene rings is 9. The van der Waals surface area contributed by atoms with Gasteiger partial charge in [0.1, 0.15) is 11.2 Å². The first-order valence-corrected chi connectivity index (χ1v) is 20.8. The van der Waals surface area contributed by atoms with E-state index in [0.29, 0.717) is 17.5 Å². The van der Waals surface area contributed by atoms with E-state index >= 15 is 0 Å². The lowest BCUT2D eigenvalue weighted by Crippen LogP contribution is -2.13. The van der Waals surface area contributed by atoms with Crippen LogP contribution in [0.1, 0.15) is 0 Å². The Balaban J connectivity index is 1.19. The molecule has 2 aromatic heterocycles. The van der Waals surface area contributed by atoms with Crippen molar-refractivity contribution in [1.29, 1.82) is 0 Å². The number of anilines is 3. The van der Waals surface area contributed by atoms with Crippen molar-refractivity contribution in [1.82, 2.24) is 15.0 Å². The van der Waals surface area contributed by atoms with Crippen molar-refractivity contribution in [3.05, 3.63) is 231 Å². The Kier molecular flexibility index (Phi) is 9.45. The monoisotopic (exact) mass is 794 g/mol. The third-order valence-corrected chi connectivity index (χ3v) is 11.3. The molecule has 0 aliphatic carbocycles. The highest BCUT2D eigenvalue weighted by molar-refractivity contribution is 6.11. The molecule has 5 heteroatoms. The summed E-state index contributed by atoms with van der Waals surface area (Å²) in [6, 6.07) is 79.9. The molecule has 0 fully saturated rings. The Hall–Kier alpha value is -8.41. The molecule has 0 radical (unpaired) electrons. The lowest BCUT2D eigenvalue weighted by atomic mass is 9.91. The van der Waals surface area contributed by atoms with Gasteiger partial charge in [0.15, 0.2) is 17.5 Å². The molecule has 0 unspecified atom stereocenters. The van der Waals surface area contributed by atoms with Crippen LogP contribution in [0.3, 0.4) is 0 Å². The zero-order valence-electron chi connectivity index (χ0n) is 33.6. The van der Waals surface area contributed by atoms with Crippen LogP contribution >= 0.6 is 0 Å². The average Bonchev–Trinajstić information content (AvgIpc) is 3.74. The van der Waals surface area contributed by atoms with Crippen molar-refractivity contribution in [3.63, 3.8) is 0 Å². The molecular formula is C57H38N4O. The van der Waals surface area contributed by atoms with Gasteiger partial charge in [-0.2, -0.15) is 0 Å². The fourth-order valence-corrected chi connectivity index (χ4v) is 8.37. The number of para-hydroxylation sites is 2. The Labute approximate surface area is 359 Å². The van der Waals surface area contributed by atoms with E-state index in [1.165, 1.54) is 0 Å². The molecule has 0 bridgehead atoms. The van der Waals surface area contributed by atoms with E-state index in [2.05, 4.69) is 169 Å². The lowest BCUT2D eigenvalue weighted by molar-refractivity contribution is 0.670. The van der Waals surface area contributed by atoms with E-state index in [1.807, 2.05) is 66.7 Å². The van der Waals surface area contributed by atoms with E-state index in [4.69, 9.17) is 19.4 Å². The second-order valence-electron chi connectivity index (χ2n) is 15.2. The zero-order valence-corrected chi connectivity index (χ0v) is 33.6. The van der Waals surface area contributed by atoms with Gasteiger partial charge in [-0.15, -0.1) is 0 Å². The fourth-order valence-electron chi connectivity index (χ4n) is 8.37. The molecule has 0 saturated heterocycles. The van der Waals surface area contributed by atoms with Gasteiger partial charge in [-0.1, -0.05) is 188 Å². The van der Waals surface area contributed by atoms with Crippen molar-refractivity contribution in [2.45, 2.75) is 0 Å². The molecule has 0 aliphatic rings. The first-order chi connectivity index (χ1) is 30.7. The molecule has 11 rings (SSSR count). The van der Waals surface area contributed by atoms with Gasteiger partial charge < -0.3 is 9.32 Å². The van der Waals surface area contributed by atoms with Gasteiger partial charge in [-0.25, -0.2) is 15.0 Å². The Bertz CT molecular complexity index is 3200. The number of fused-ring (bicyclic) bond motifs is 3. The van der Waals surface area contributed by atoms with Crippen LogP contribution in [0.2, 0.25) is 0 Å². The first kappa shape index (κ1) is 36.7. The molecule has 5 nitrogen and oxygen atoms in total. The van der Waals surface area contributed by atoms with E-state index < -0.39 is 0 Å². The topological polar surface area (TPSA) is 55.1 Å². The predicted molar refractivity (Wildman–Crippen MR) is 254 cm³/mol. The van der Waals surface area contributed by atoms with Crippen LogP contribution in [0.25, 0.3) is 89.5 Å². The van der Waals surface area contributed by atoms with Crippen LogP contribution in [0.4, 0.5) is 17.1 Å². The van der Waals surface area contributed by atoms with E-state index in [1.54, 1.807) is 0 Å². The molecule has 0 saturated carbocycles. The summed E-state index contributed by atoms with van der Waals surface area (Å²) in [5.41, 5.74) is 13.7. The van der Waals surface area contributed by atoms with Gasteiger partial charge in [0.25, 0.3) is 0 Å². The largest absolute Gasteiger partial charge is 0.455 e. The minimum Gasteiger partial charge on any atom is -0.455 e. The van der Waals surface area contributed by atoms with Crippen LogP contribution in [0.5, 0.6) is 0 Å². The molecule has 292 valence electrons. The van der Waals surface area contributed by atoms with Gasteiger partial charge in [0.05, 0.1) is 5.69 Å². The van der Waals surface area contributed by atoms with Crippen molar-refractivity contribution < 1.29 is 4.42 Å². The minimum absolute atomic E-state index is 0.586. The minimum atomic E-state index is 0.586. The summed E-state index contributed by atoms with van der Waals surface area (Å²) in [6.45, 7) is 0. The maximum absolute atomic E-state index is 6.85. The highest BCUT2D eigenvalue weighted by atomic mass is 16.3. The maximum atomic E-state index is 6.85. The lowest BCUT2D eigenvalue weighted by Gasteiger charge is -2.31. The molecular weight excluding hydrogens is 757 g/mol. The van der Waals surface area contributed by atoms with Gasteiger partial charge in [-0.05, 0) is 53.1 Å². The molecule has 2 heterocycles. The van der Waals surface area contributed by atoms with Crippen LogP contribution < -0.4 is 4.90 Å². The summed E-state index contributed by atoms with van der Waals surface area (Å²) in [5.74, 6) is 1.81. The maximum Gasteiger partial charge on any atom is 0.164 e. The molecule has 62 heavy (non-hydrogen) atoms. The summed E-state index contributed by atoms with van der Waals surface area (Å²) in [6.07, 6.45) is 0. The van der Waals surface area contributed by atoms with Crippen molar-refractivity contribution in [2.75, 3.05) is 4.90 Å². The molecule has 0 spiro atoms. The standard InChI is InChI=1S/C57H38N4O/c1-7-20-39(21-8-1)47-32-19-33-49-48-35-34-46(38-52(48)62-54(47)49)61(45-30-17-6-18-31-45)53-50(40-22-9-2-10-23-40)36-44(37-51(53)41-24-11-3-12-25-41)57-59-55(42-26-13-4-14-27-42)58-56(60-57)43-28-15-5-16-29-43/h1-38H. The Morgan fingerprint density at radius 3 is 1.24 bits per heavy atom. The van der Waals surface area contributed by atoms with Crippen LogP contribution in [-0.4, -0.2) is 15.0 Å². The SMILES string of the molecule is c1ccc(-c2nc(-c3ccccc3)nc(-c3cc(-c4ccccc4)c(N(c4ccccc4)c4ccc5c(c4)oc4c(-c6ccccc6)cccc45)c(-c4ccccc4)c3)n2)cc1. The molecule has 11 aromatic rings. The highest BCUT2D eigenvalue weighted by Gasteiger charge is 2.25. The molecule has 0 N–H and O–H groups in total. The molecule has 0 amide bonds. The first-order valence-electron chi connectivity index (χ1n) is 20.8. The second-order valence-corrected chi connectivity index (χ2v) is 15.2. The van der Waals surface area contributed by atoms with Gasteiger partial charge >= 0.3 is 0 Å². The molecule has 9 aromatic carbocycles. The zero-order chi connectivity index (χ0) is 41.2. The number of rotatable bonds is 9. The number of nitrogens with zero attached hydrogens (tertiary/aromatic N) is 4. The smallest absolute Gasteiger partial charge is 0.164 e. The number of aromatic nitrogens is 3. The van der Waals surface area contributed by atoms with E-state index in [-0.39, 0.29) is 0 Å². The van der Waals surface area contributed by atoms with Gasteiger partial charge in [0.2, 0.25) is 0 Å². The highest BCUT2D eigenvalue weighted by Crippen LogP contribution is 2.49. The average molecular weight is 795 g/mol. The van der Waals surface area contributed by atoms with Gasteiger partial charge in [-0.3, -0.25) is 0 Å². The van der Waals surface area contributed by atoms with E-state index in [9.17, 15) is 0 Å². The number of hydrogen-bond donors (Lipinski definition) is 0. The van der Waals surface area contributed by atoms with Crippen LogP contribution in [-0.2, 0) is 0 Å². The summed E-state index contributed by atoms with van der Waals surface area (Å²) in [5, 5.41) is 2.15. The van der Waals surface area contributed by atoms with E-state index in [0.717, 1.165) is 89.1 Å². The summed E-state index contributed by atoms with van der Waals surface area (Å²) < 4.78 is 6.85. The number of furan rings is 1. The van der Waals surface area contributed by atoms with Crippen LogP contribution in [0.15, 0.2) is 235 Å². The van der Waals surface area contributed by atoms with Crippen molar-refractivity contribution in [2.24, 2.45) is 0 Å². The van der Waals surface area contributed by atoms with Gasteiger partial charge in [0, 0.05) is 61.6 Å². The summed E-state index contributed by atoms with van der Waals surface area (Å²) in [4.78, 5) is 17.8. The molecule has 0 atom stereocenters. The fraction of sp³-hybridized carbons (Fsp3) is 0.